The summed E-state index contributed by atoms with van der Waals surface area (Å²) in [5, 5.41) is 0. The van der Waals surface area contributed by atoms with Crippen LogP contribution < -0.4 is 11.2 Å². The van der Waals surface area contributed by atoms with Crippen molar-refractivity contribution in [3.63, 3.8) is 0 Å². The van der Waals surface area contributed by atoms with Gasteiger partial charge in [-0.15, -0.1) is 0 Å². The SMILES string of the molecule is CC(C)CCn1c(=O)c2c(nc3n(C(C)C)c(-c4ccccc4)cn23)n(C)c1=O. The van der Waals surface area contributed by atoms with Gasteiger partial charge in [0, 0.05) is 25.8 Å². The number of rotatable bonds is 5. The molecule has 0 aliphatic carbocycles. The van der Waals surface area contributed by atoms with Crippen LogP contribution in [0, 0.1) is 5.92 Å². The lowest BCUT2D eigenvalue weighted by Crippen LogP contribution is -2.39. The molecule has 4 aromatic rings. The fraction of sp³-hybridized carbons (Fsp3) is 0.409. The molecule has 0 unspecified atom stereocenters. The Hall–Kier alpha value is -3.09. The lowest BCUT2D eigenvalue weighted by Gasteiger charge is -2.12. The number of aromatic nitrogens is 5. The standard InChI is InChI=1S/C22H27N5O2/c1-14(2)11-12-25-20(28)18-19(24(5)22(25)29)23-21-26(18)13-17(27(21)15(3)4)16-9-7-6-8-10-16/h6-10,13-15H,11-12H2,1-5H3. The highest BCUT2D eigenvalue weighted by atomic mass is 16.2. The first kappa shape index (κ1) is 19.2. The first-order valence-corrected chi connectivity index (χ1v) is 10.1. The van der Waals surface area contributed by atoms with Crippen molar-refractivity contribution in [2.75, 3.05) is 0 Å². The first-order chi connectivity index (χ1) is 13.8. The van der Waals surface area contributed by atoms with Crippen LogP contribution in [0.4, 0.5) is 0 Å². The summed E-state index contributed by atoms with van der Waals surface area (Å²) < 4.78 is 6.77. The molecule has 0 spiro atoms. The number of hydrogen-bond donors (Lipinski definition) is 0. The van der Waals surface area contributed by atoms with Crippen LogP contribution in [0.3, 0.4) is 0 Å². The molecule has 0 aliphatic heterocycles. The predicted octanol–water partition coefficient (Wildman–Crippen LogP) is 3.44. The second-order valence-corrected chi connectivity index (χ2v) is 8.28. The van der Waals surface area contributed by atoms with E-state index in [0.29, 0.717) is 29.4 Å². The van der Waals surface area contributed by atoms with E-state index >= 15 is 0 Å². The van der Waals surface area contributed by atoms with Crippen molar-refractivity contribution in [1.29, 1.82) is 0 Å². The van der Waals surface area contributed by atoms with Crippen molar-refractivity contribution in [2.24, 2.45) is 13.0 Å². The van der Waals surface area contributed by atoms with Gasteiger partial charge in [0.2, 0.25) is 5.78 Å². The van der Waals surface area contributed by atoms with Crippen molar-refractivity contribution >= 4 is 16.9 Å². The Labute approximate surface area is 168 Å². The van der Waals surface area contributed by atoms with Gasteiger partial charge in [0.1, 0.15) is 0 Å². The Morgan fingerprint density at radius 1 is 1.03 bits per heavy atom. The molecular weight excluding hydrogens is 366 g/mol. The van der Waals surface area contributed by atoms with Crippen LogP contribution in [-0.2, 0) is 13.6 Å². The summed E-state index contributed by atoms with van der Waals surface area (Å²) in [6.45, 7) is 8.75. The molecule has 0 fully saturated rings. The maximum absolute atomic E-state index is 13.3. The Kier molecular flexibility index (Phi) is 4.68. The van der Waals surface area contributed by atoms with E-state index < -0.39 is 0 Å². The van der Waals surface area contributed by atoms with Crippen LogP contribution in [-0.4, -0.2) is 23.1 Å². The summed E-state index contributed by atoms with van der Waals surface area (Å²) in [5.74, 6) is 1.07. The van der Waals surface area contributed by atoms with Gasteiger partial charge in [0.15, 0.2) is 11.2 Å². The molecule has 0 atom stereocenters. The minimum atomic E-state index is -0.316. The highest BCUT2D eigenvalue weighted by Gasteiger charge is 2.22. The van der Waals surface area contributed by atoms with Gasteiger partial charge in [-0.05, 0) is 31.7 Å². The van der Waals surface area contributed by atoms with Gasteiger partial charge in [-0.2, -0.15) is 4.98 Å². The Bertz CT molecular complexity index is 1300. The molecule has 0 aliphatic rings. The molecule has 3 aromatic heterocycles. The molecule has 29 heavy (non-hydrogen) atoms. The molecule has 0 saturated heterocycles. The number of nitrogens with zero attached hydrogens (tertiary/aromatic N) is 5. The summed E-state index contributed by atoms with van der Waals surface area (Å²) in [5.41, 5.74) is 2.32. The summed E-state index contributed by atoms with van der Waals surface area (Å²) in [6.07, 6.45) is 2.73. The summed E-state index contributed by atoms with van der Waals surface area (Å²) in [4.78, 5) is 30.8. The molecule has 0 saturated carbocycles. The zero-order chi connectivity index (χ0) is 20.9. The highest BCUT2D eigenvalue weighted by Crippen LogP contribution is 2.28. The van der Waals surface area contributed by atoms with Crippen LogP contribution >= 0.6 is 0 Å². The lowest BCUT2D eigenvalue weighted by atomic mass is 10.1. The van der Waals surface area contributed by atoms with Crippen LogP contribution in [0.5, 0.6) is 0 Å². The Morgan fingerprint density at radius 2 is 1.72 bits per heavy atom. The van der Waals surface area contributed by atoms with Gasteiger partial charge < -0.3 is 4.57 Å². The summed E-state index contributed by atoms with van der Waals surface area (Å²) in [6, 6.07) is 10.2. The number of imidazole rings is 2. The van der Waals surface area contributed by atoms with Crippen LogP contribution in [0.15, 0.2) is 46.1 Å². The second kappa shape index (κ2) is 7.06. The smallest absolute Gasteiger partial charge is 0.307 e. The third-order valence-corrected chi connectivity index (χ3v) is 5.40. The van der Waals surface area contributed by atoms with Crippen molar-refractivity contribution in [1.82, 2.24) is 23.1 Å². The molecular formula is C22H27N5O2. The molecule has 0 bridgehead atoms. The first-order valence-electron chi connectivity index (χ1n) is 10.1. The molecule has 0 amide bonds. The Balaban J connectivity index is 2.07. The third-order valence-electron chi connectivity index (χ3n) is 5.40. The number of aryl methyl sites for hydroxylation is 1. The van der Waals surface area contributed by atoms with Gasteiger partial charge in [0.25, 0.3) is 5.56 Å². The molecule has 1 aromatic carbocycles. The van der Waals surface area contributed by atoms with E-state index in [0.717, 1.165) is 17.7 Å². The van der Waals surface area contributed by atoms with E-state index in [1.54, 1.807) is 7.05 Å². The molecule has 4 rings (SSSR count). The predicted molar refractivity (Wildman–Crippen MR) is 115 cm³/mol. The van der Waals surface area contributed by atoms with Crippen LogP contribution in [0.25, 0.3) is 28.2 Å². The molecule has 0 radical (unpaired) electrons. The van der Waals surface area contributed by atoms with Crippen molar-refractivity contribution in [3.05, 3.63) is 57.4 Å². The van der Waals surface area contributed by atoms with E-state index in [-0.39, 0.29) is 17.3 Å². The summed E-state index contributed by atoms with van der Waals surface area (Å²) in [7, 11) is 1.68. The zero-order valence-corrected chi connectivity index (χ0v) is 17.6. The van der Waals surface area contributed by atoms with Gasteiger partial charge in [-0.3, -0.25) is 18.3 Å². The van der Waals surface area contributed by atoms with Crippen molar-refractivity contribution in [2.45, 2.75) is 46.7 Å². The molecule has 7 nitrogen and oxygen atoms in total. The maximum atomic E-state index is 13.3. The van der Waals surface area contributed by atoms with Gasteiger partial charge in [-0.25, -0.2) is 4.79 Å². The van der Waals surface area contributed by atoms with E-state index in [2.05, 4.69) is 32.3 Å². The van der Waals surface area contributed by atoms with Crippen LogP contribution in [0.1, 0.15) is 40.2 Å². The monoisotopic (exact) mass is 393 g/mol. The summed E-state index contributed by atoms with van der Waals surface area (Å²) >= 11 is 0. The maximum Gasteiger partial charge on any atom is 0.332 e. The quantitative estimate of drug-likeness (QED) is 0.522. The van der Waals surface area contributed by atoms with E-state index in [4.69, 9.17) is 4.98 Å². The number of benzene rings is 1. The van der Waals surface area contributed by atoms with Crippen LogP contribution in [0.2, 0.25) is 0 Å². The normalized spacial score (nSPS) is 12.1. The fourth-order valence-electron chi connectivity index (χ4n) is 3.83. The number of hydrogen-bond acceptors (Lipinski definition) is 3. The van der Waals surface area contributed by atoms with E-state index in [1.165, 1.54) is 9.13 Å². The fourth-order valence-corrected chi connectivity index (χ4v) is 3.83. The third kappa shape index (κ3) is 3.01. The average Bonchev–Trinajstić information content (AvgIpc) is 3.22. The molecule has 152 valence electrons. The molecule has 7 heteroatoms. The van der Waals surface area contributed by atoms with Gasteiger partial charge in [-0.1, -0.05) is 44.2 Å². The highest BCUT2D eigenvalue weighted by molar-refractivity contribution is 5.78. The second-order valence-electron chi connectivity index (χ2n) is 8.28. The minimum Gasteiger partial charge on any atom is -0.307 e. The number of fused-ring (bicyclic) bond motifs is 3. The van der Waals surface area contributed by atoms with E-state index in [1.807, 2.05) is 40.9 Å². The topological polar surface area (TPSA) is 66.2 Å². The van der Waals surface area contributed by atoms with Crippen molar-refractivity contribution < 1.29 is 0 Å². The lowest BCUT2D eigenvalue weighted by molar-refractivity contribution is 0.488. The molecule has 3 heterocycles. The van der Waals surface area contributed by atoms with E-state index in [9.17, 15) is 9.59 Å². The van der Waals surface area contributed by atoms with Gasteiger partial charge >= 0.3 is 5.69 Å². The van der Waals surface area contributed by atoms with Crippen molar-refractivity contribution in [3.8, 4) is 11.3 Å². The zero-order valence-electron chi connectivity index (χ0n) is 17.6. The molecule has 0 N–H and O–H groups in total. The largest absolute Gasteiger partial charge is 0.332 e. The Morgan fingerprint density at radius 3 is 2.34 bits per heavy atom. The average molecular weight is 393 g/mol. The minimum absolute atomic E-state index is 0.139. The van der Waals surface area contributed by atoms with Gasteiger partial charge in [0.05, 0.1) is 5.69 Å².